The lowest BCUT2D eigenvalue weighted by Gasteiger charge is -2.27. The fourth-order valence-corrected chi connectivity index (χ4v) is 5.29. The molecule has 1 saturated carbocycles. The van der Waals surface area contributed by atoms with E-state index in [1.54, 1.807) is 4.90 Å². The highest BCUT2D eigenvalue weighted by Gasteiger charge is 2.40. The van der Waals surface area contributed by atoms with E-state index >= 15 is 4.39 Å². The number of rotatable bonds is 3. The number of aromatic amines is 1. The van der Waals surface area contributed by atoms with Crippen LogP contribution in [0.5, 0.6) is 0 Å². The zero-order chi connectivity index (χ0) is 22.9. The largest absolute Gasteiger partial charge is 0.390 e. The van der Waals surface area contributed by atoms with Gasteiger partial charge < -0.3 is 15.1 Å². The molecule has 0 bridgehead atoms. The van der Waals surface area contributed by atoms with Gasteiger partial charge in [-0.1, -0.05) is 6.08 Å². The molecule has 0 radical (unpaired) electrons. The predicted octanol–water partition coefficient (Wildman–Crippen LogP) is 2.29. The third-order valence-corrected chi connectivity index (χ3v) is 6.96. The highest BCUT2D eigenvalue weighted by molar-refractivity contribution is 5.91. The highest BCUT2D eigenvalue weighted by Crippen LogP contribution is 2.44. The smallest absolute Gasteiger partial charge is 0.329 e. The molecule has 0 amide bonds. The maximum Gasteiger partial charge on any atom is 0.329 e. The third-order valence-electron chi connectivity index (χ3n) is 6.96. The molecule has 3 aliphatic rings. The number of aryl methyl sites for hydroxylation is 1. The van der Waals surface area contributed by atoms with Crippen LogP contribution in [0.15, 0.2) is 21.2 Å². The second-order valence-electron chi connectivity index (χ2n) is 8.99. The molecule has 1 saturated heterocycles. The minimum Gasteiger partial charge on any atom is -0.390 e. The minimum absolute atomic E-state index is 0.0367. The van der Waals surface area contributed by atoms with Gasteiger partial charge in [0, 0.05) is 30.6 Å². The van der Waals surface area contributed by atoms with E-state index in [2.05, 4.69) is 4.98 Å². The first-order valence-corrected chi connectivity index (χ1v) is 10.8. The molecule has 1 aliphatic heterocycles. The first-order chi connectivity index (χ1) is 15.2. The molecule has 2 aromatic rings. The number of aliphatic hydroxyl groups excluding tert-OH is 2. The van der Waals surface area contributed by atoms with Crippen molar-refractivity contribution in [1.82, 2.24) is 9.55 Å². The molecule has 2 heterocycles. The molecule has 1 aromatic heterocycles. The van der Waals surface area contributed by atoms with Crippen molar-refractivity contribution in [3.8, 4) is 0 Å². The van der Waals surface area contributed by atoms with Crippen molar-refractivity contribution in [2.45, 2.75) is 57.3 Å². The number of aliphatic hydroxyl groups is 2. The van der Waals surface area contributed by atoms with Crippen molar-refractivity contribution < 1.29 is 23.4 Å². The van der Waals surface area contributed by atoms with Gasteiger partial charge in [0.05, 0.1) is 34.4 Å². The first kappa shape index (κ1) is 21.3. The lowest BCUT2D eigenvalue weighted by atomic mass is 9.94. The van der Waals surface area contributed by atoms with Gasteiger partial charge in [0.2, 0.25) is 0 Å². The topological polar surface area (TPSA) is 98.6 Å². The summed E-state index contributed by atoms with van der Waals surface area (Å²) in [5.74, 6) is -1.65. The Balaban J connectivity index is 1.76. The van der Waals surface area contributed by atoms with E-state index in [9.17, 15) is 28.6 Å². The van der Waals surface area contributed by atoms with Crippen molar-refractivity contribution in [3.05, 3.63) is 49.4 Å². The van der Waals surface area contributed by atoms with Crippen molar-refractivity contribution in [3.63, 3.8) is 0 Å². The number of hydrogen-bond donors (Lipinski definition) is 3. The second kappa shape index (κ2) is 7.48. The van der Waals surface area contributed by atoms with Gasteiger partial charge in [-0.2, -0.15) is 0 Å². The molecule has 172 valence electrons. The Bertz CT molecular complexity index is 1250. The molecular formula is C22H24F3N3O4. The lowest BCUT2D eigenvalue weighted by molar-refractivity contribution is -0.00415. The monoisotopic (exact) mass is 451 g/mol. The number of anilines is 1. The fourth-order valence-electron chi connectivity index (χ4n) is 5.29. The molecule has 10 heteroatoms. The molecule has 5 rings (SSSR count). The molecule has 3 unspecified atom stereocenters. The zero-order valence-electron chi connectivity index (χ0n) is 17.4. The number of benzene rings is 1. The summed E-state index contributed by atoms with van der Waals surface area (Å²) in [4.78, 5) is 28.7. The summed E-state index contributed by atoms with van der Waals surface area (Å²) in [5, 5.41) is 20.2. The Hall–Kier alpha value is -2.59. The van der Waals surface area contributed by atoms with Crippen LogP contribution in [0.3, 0.4) is 0 Å². The maximum absolute atomic E-state index is 15.6. The van der Waals surface area contributed by atoms with Crippen molar-refractivity contribution in [1.29, 1.82) is 0 Å². The van der Waals surface area contributed by atoms with E-state index in [1.165, 1.54) is 11.5 Å². The Labute approximate surface area is 180 Å². The summed E-state index contributed by atoms with van der Waals surface area (Å²) in [6, 6.07) is -0.228. The average Bonchev–Trinajstić information content (AvgIpc) is 3.49. The Morgan fingerprint density at radius 3 is 2.56 bits per heavy atom. The minimum atomic E-state index is -3.26. The van der Waals surface area contributed by atoms with Crippen molar-refractivity contribution >= 4 is 16.6 Å². The number of fused-ring (bicyclic) bond motifs is 2. The van der Waals surface area contributed by atoms with Gasteiger partial charge in [-0.3, -0.25) is 14.3 Å². The average molecular weight is 451 g/mol. The maximum atomic E-state index is 15.6. The molecule has 3 N–H and O–H groups in total. The highest BCUT2D eigenvalue weighted by atomic mass is 19.3. The number of alkyl halides is 2. The fraction of sp³-hybridized carbons (Fsp3) is 0.545. The van der Waals surface area contributed by atoms with Gasteiger partial charge >= 0.3 is 5.69 Å². The molecular weight excluding hydrogens is 427 g/mol. The predicted molar refractivity (Wildman–Crippen MR) is 112 cm³/mol. The lowest BCUT2D eigenvalue weighted by Crippen LogP contribution is -2.35. The van der Waals surface area contributed by atoms with Gasteiger partial charge in [0.15, 0.2) is 5.82 Å². The van der Waals surface area contributed by atoms with Crippen LogP contribution in [0.4, 0.5) is 18.9 Å². The molecule has 3 atom stereocenters. The number of H-pyrrole nitrogens is 1. The van der Waals surface area contributed by atoms with Gasteiger partial charge in [-0.05, 0) is 38.2 Å². The Morgan fingerprint density at radius 2 is 1.91 bits per heavy atom. The number of nitrogens with zero attached hydrogens (tertiary/aromatic N) is 2. The SMILES string of the molecule is Cc1c(N2CC3=CCCC(O)C(O)C3C2)c(F)c(C(F)F)c2c(=O)[nH]c(=O)n(C3CC3)c12. The first-order valence-electron chi connectivity index (χ1n) is 10.8. The number of hydrogen-bond acceptors (Lipinski definition) is 5. The number of nitrogens with one attached hydrogen (secondary N) is 1. The van der Waals surface area contributed by atoms with Crippen LogP contribution in [0.2, 0.25) is 0 Å². The van der Waals surface area contributed by atoms with Crippen LogP contribution in [-0.4, -0.2) is 45.1 Å². The van der Waals surface area contributed by atoms with E-state index in [4.69, 9.17) is 0 Å². The molecule has 7 nitrogen and oxygen atoms in total. The van der Waals surface area contributed by atoms with Crippen LogP contribution in [0.1, 0.15) is 49.3 Å². The quantitative estimate of drug-likeness (QED) is 0.622. The summed E-state index contributed by atoms with van der Waals surface area (Å²) < 4.78 is 45.1. The molecule has 0 spiro atoms. The van der Waals surface area contributed by atoms with Gasteiger partial charge in [0.1, 0.15) is 0 Å². The van der Waals surface area contributed by atoms with Crippen LogP contribution in [-0.2, 0) is 0 Å². The van der Waals surface area contributed by atoms with Crippen LogP contribution in [0, 0.1) is 18.7 Å². The summed E-state index contributed by atoms with van der Waals surface area (Å²) in [6.45, 7) is 1.87. The second-order valence-corrected chi connectivity index (χ2v) is 8.99. The third kappa shape index (κ3) is 3.11. The van der Waals surface area contributed by atoms with Crippen molar-refractivity contribution in [2.24, 2.45) is 5.92 Å². The molecule has 1 aromatic carbocycles. The summed E-state index contributed by atoms with van der Waals surface area (Å²) >= 11 is 0. The normalized spacial score (nSPS) is 25.9. The Kier molecular flexibility index (Phi) is 4.97. The van der Waals surface area contributed by atoms with E-state index in [0.717, 1.165) is 5.57 Å². The van der Waals surface area contributed by atoms with Crippen molar-refractivity contribution in [2.75, 3.05) is 18.0 Å². The van der Waals surface area contributed by atoms with Gasteiger partial charge in [0.25, 0.3) is 12.0 Å². The van der Waals surface area contributed by atoms with E-state index < -0.39 is 52.6 Å². The van der Waals surface area contributed by atoms with Crippen LogP contribution < -0.4 is 16.1 Å². The molecule has 32 heavy (non-hydrogen) atoms. The van der Waals surface area contributed by atoms with E-state index in [-0.39, 0.29) is 35.9 Å². The van der Waals surface area contributed by atoms with E-state index in [1.807, 2.05) is 6.08 Å². The number of aromatic nitrogens is 2. The van der Waals surface area contributed by atoms with E-state index in [0.29, 0.717) is 25.7 Å². The van der Waals surface area contributed by atoms with Gasteiger partial charge in [-0.15, -0.1) is 0 Å². The summed E-state index contributed by atoms with van der Waals surface area (Å²) in [7, 11) is 0. The van der Waals surface area contributed by atoms with Crippen LogP contribution in [0.25, 0.3) is 10.9 Å². The summed E-state index contributed by atoms with van der Waals surface area (Å²) in [6.07, 6.45) is -1.03. The molecule has 2 fully saturated rings. The number of halogens is 3. The summed E-state index contributed by atoms with van der Waals surface area (Å²) in [5.41, 5.74) is -1.74. The van der Waals surface area contributed by atoms with Crippen LogP contribution >= 0.6 is 0 Å². The zero-order valence-corrected chi connectivity index (χ0v) is 17.4. The Morgan fingerprint density at radius 1 is 1.19 bits per heavy atom. The molecule has 2 aliphatic carbocycles. The standard InChI is InChI=1S/C22H24F3N3O4/c1-9-17-15(21(31)26-22(32)28(17)11-5-6-11)14(20(24)25)16(23)18(9)27-7-10-3-2-4-13(29)19(30)12(10)8-27/h3,11-13,19-20,29-30H,2,4-8H2,1H3,(H,26,31,32). The van der Waals surface area contributed by atoms with Gasteiger partial charge in [-0.25, -0.2) is 18.0 Å². The number of allylic oxidation sites excluding steroid dienone is 1.